The van der Waals surface area contributed by atoms with Crippen molar-refractivity contribution in [3.05, 3.63) is 64.6 Å². The molecule has 0 spiro atoms. The number of amides is 3. The zero-order valence-corrected chi connectivity index (χ0v) is 16.3. The molecule has 0 unspecified atom stereocenters. The van der Waals surface area contributed by atoms with Crippen LogP contribution >= 0.6 is 11.8 Å². The molecule has 3 amide bonds. The molecule has 0 aromatic heterocycles. The molecule has 1 aliphatic heterocycles. The Labute approximate surface area is 173 Å². The molecule has 7 nitrogen and oxygen atoms in total. The number of halogens is 2. The Morgan fingerprint density at radius 2 is 1.83 bits per heavy atom. The number of carbonyl (C=O) groups excluding carboxylic acids is 4. The molecule has 30 heavy (non-hydrogen) atoms. The van der Waals surface area contributed by atoms with E-state index in [9.17, 15) is 28.0 Å². The number of nitrogens with one attached hydrogen (secondary N) is 1. The number of rotatable bonds is 5. The van der Waals surface area contributed by atoms with Crippen LogP contribution in [0.2, 0.25) is 0 Å². The maximum absolute atomic E-state index is 13.6. The highest BCUT2D eigenvalue weighted by Crippen LogP contribution is 2.32. The third-order valence-electron chi connectivity index (χ3n) is 3.82. The van der Waals surface area contributed by atoms with Gasteiger partial charge in [-0.05, 0) is 47.7 Å². The summed E-state index contributed by atoms with van der Waals surface area (Å²) < 4.78 is 31.5. The van der Waals surface area contributed by atoms with Gasteiger partial charge in [0.25, 0.3) is 11.1 Å². The van der Waals surface area contributed by atoms with Crippen molar-refractivity contribution < 1.29 is 32.7 Å². The summed E-state index contributed by atoms with van der Waals surface area (Å²) >= 11 is 0.654. The topological polar surface area (TPSA) is 92.8 Å². The van der Waals surface area contributed by atoms with Gasteiger partial charge in [-0.3, -0.25) is 24.1 Å². The summed E-state index contributed by atoms with van der Waals surface area (Å²) in [6, 6.07) is 8.85. The zero-order valence-electron chi connectivity index (χ0n) is 15.5. The molecule has 1 fully saturated rings. The highest BCUT2D eigenvalue weighted by atomic mass is 32.2. The summed E-state index contributed by atoms with van der Waals surface area (Å²) in [5, 5.41) is 1.54. The van der Waals surface area contributed by atoms with Gasteiger partial charge < -0.3 is 10.1 Å². The third kappa shape index (κ3) is 5.09. The van der Waals surface area contributed by atoms with Crippen molar-refractivity contribution >= 4 is 46.5 Å². The Bertz CT molecular complexity index is 1070. The van der Waals surface area contributed by atoms with Gasteiger partial charge in [0.05, 0.1) is 10.6 Å². The molecule has 154 valence electrons. The van der Waals surface area contributed by atoms with Crippen LogP contribution in [0.5, 0.6) is 5.75 Å². The molecule has 0 bridgehead atoms. The second-order valence-corrected chi connectivity index (χ2v) is 7.10. The fraction of sp³-hybridized carbons (Fsp3) is 0.100. The molecular formula is C20H14F2N2O5S. The summed E-state index contributed by atoms with van der Waals surface area (Å²) in [6.07, 6.45) is 1.46. The van der Waals surface area contributed by atoms with Crippen LogP contribution in [0.3, 0.4) is 0 Å². The average molecular weight is 432 g/mol. The fourth-order valence-electron chi connectivity index (χ4n) is 2.51. The highest BCUT2D eigenvalue weighted by Gasteiger charge is 2.36. The van der Waals surface area contributed by atoms with Crippen molar-refractivity contribution in [3.63, 3.8) is 0 Å². The molecular weight excluding hydrogens is 418 g/mol. The Morgan fingerprint density at radius 3 is 2.47 bits per heavy atom. The highest BCUT2D eigenvalue weighted by molar-refractivity contribution is 8.18. The number of hydrogen-bond donors (Lipinski definition) is 1. The first-order valence-electron chi connectivity index (χ1n) is 8.51. The van der Waals surface area contributed by atoms with Gasteiger partial charge in [-0.15, -0.1) is 0 Å². The second-order valence-electron chi connectivity index (χ2n) is 6.10. The minimum atomic E-state index is -0.977. The molecule has 0 radical (unpaired) electrons. The van der Waals surface area contributed by atoms with E-state index >= 15 is 0 Å². The minimum Gasteiger partial charge on any atom is -0.427 e. The van der Waals surface area contributed by atoms with E-state index < -0.39 is 41.2 Å². The van der Waals surface area contributed by atoms with Gasteiger partial charge in [0, 0.05) is 13.0 Å². The number of imide groups is 1. The number of nitrogens with zero attached hydrogens (tertiary/aromatic N) is 1. The van der Waals surface area contributed by atoms with Crippen LogP contribution in [0.15, 0.2) is 47.4 Å². The van der Waals surface area contributed by atoms with Gasteiger partial charge in [0.1, 0.15) is 23.9 Å². The smallest absolute Gasteiger partial charge is 0.308 e. The zero-order chi connectivity index (χ0) is 21.8. The normalized spacial score (nSPS) is 14.9. The van der Waals surface area contributed by atoms with E-state index in [4.69, 9.17) is 4.74 Å². The van der Waals surface area contributed by atoms with Gasteiger partial charge in [-0.1, -0.05) is 12.1 Å². The predicted molar refractivity (Wildman–Crippen MR) is 105 cm³/mol. The summed E-state index contributed by atoms with van der Waals surface area (Å²) in [4.78, 5) is 48.5. The lowest BCUT2D eigenvalue weighted by molar-refractivity contribution is -0.131. The summed E-state index contributed by atoms with van der Waals surface area (Å²) in [5.74, 6) is -3.41. The first kappa shape index (κ1) is 21.2. The summed E-state index contributed by atoms with van der Waals surface area (Å²) in [6.45, 7) is 0.648. The lowest BCUT2D eigenvalue weighted by Gasteiger charge is -2.12. The second kappa shape index (κ2) is 8.87. The van der Waals surface area contributed by atoms with Crippen molar-refractivity contribution in [2.24, 2.45) is 0 Å². The summed E-state index contributed by atoms with van der Waals surface area (Å²) in [5.41, 5.74) is 0.311. The Balaban J connectivity index is 1.67. The first-order chi connectivity index (χ1) is 14.2. The molecule has 0 aliphatic carbocycles. The lowest BCUT2D eigenvalue weighted by Crippen LogP contribution is -2.36. The number of carbonyl (C=O) groups is 4. The average Bonchev–Trinajstić information content (AvgIpc) is 2.92. The quantitative estimate of drug-likeness (QED) is 0.441. The maximum atomic E-state index is 13.6. The molecule has 2 aromatic rings. The number of ether oxygens (including phenoxy) is 1. The van der Waals surface area contributed by atoms with Crippen LogP contribution in [0.1, 0.15) is 12.5 Å². The van der Waals surface area contributed by atoms with Crippen molar-refractivity contribution in [1.82, 2.24) is 4.90 Å². The number of esters is 1. The minimum absolute atomic E-state index is 0.0981. The van der Waals surface area contributed by atoms with Crippen LogP contribution in [-0.4, -0.2) is 34.5 Å². The van der Waals surface area contributed by atoms with E-state index in [1.165, 1.54) is 25.1 Å². The van der Waals surface area contributed by atoms with Crippen molar-refractivity contribution in [2.45, 2.75) is 6.92 Å². The number of hydrogen-bond acceptors (Lipinski definition) is 6. The molecule has 1 N–H and O–H groups in total. The van der Waals surface area contributed by atoms with Crippen LogP contribution < -0.4 is 10.1 Å². The largest absolute Gasteiger partial charge is 0.427 e. The molecule has 1 aliphatic rings. The number of benzene rings is 2. The first-order valence-corrected chi connectivity index (χ1v) is 9.33. The SMILES string of the molecule is CC(=O)Oc1ccc(C=C2SC(=O)N(CC(=O)Nc3ccc(F)cc3F)C2=O)cc1. The molecule has 1 heterocycles. The Hall–Kier alpha value is -3.53. The van der Waals surface area contributed by atoms with Crippen LogP contribution in [0.4, 0.5) is 19.3 Å². The maximum Gasteiger partial charge on any atom is 0.308 e. The fourth-order valence-corrected chi connectivity index (χ4v) is 3.35. The number of anilines is 1. The Morgan fingerprint density at radius 1 is 1.13 bits per heavy atom. The molecule has 0 atom stereocenters. The molecule has 2 aromatic carbocycles. The van der Waals surface area contributed by atoms with E-state index in [2.05, 4.69) is 5.32 Å². The van der Waals surface area contributed by atoms with Crippen molar-refractivity contribution in [1.29, 1.82) is 0 Å². The molecule has 3 rings (SSSR count). The standard InChI is InChI=1S/C20H14F2N2O5S/c1-11(25)29-14-5-2-12(3-6-14)8-17-19(27)24(20(28)30-17)10-18(26)23-16-7-4-13(21)9-15(16)22/h2-9H,10H2,1H3,(H,23,26). The van der Waals surface area contributed by atoms with E-state index in [0.717, 1.165) is 17.0 Å². The predicted octanol–water partition coefficient (Wildman–Crippen LogP) is 3.57. The van der Waals surface area contributed by atoms with Crippen molar-refractivity contribution in [2.75, 3.05) is 11.9 Å². The summed E-state index contributed by atoms with van der Waals surface area (Å²) in [7, 11) is 0. The van der Waals surface area contributed by atoms with E-state index in [-0.39, 0.29) is 10.6 Å². The molecule has 1 saturated heterocycles. The van der Waals surface area contributed by atoms with Gasteiger partial charge >= 0.3 is 5.97 Å². The molecule has 0 saturated carbocycles. The number of thioether (sulfide) groups is 1. The monoisotopic (exact) mass is 432 g/mol. The van der Waals surface area contributed by atoms with Crippen LogP contribution in [0, 0.1) is 11.6 Å². The molecule has 10 heteroatoms. The van der Waals surface area contributed by atoms with E-state index in [0.29, 0.717) is 29.1 Å². The van der Waals surface area contributed by atoms with Gasteiger partial charge in [-0.25, -0.2) is 8.78 Å². The van der Waals surface area contributed by atoms with Gasteiger partial charge in [0.2, 0.25) is 5.91 Å². The lowest BCUT2D eigenvalue weighted by atomic mass is 10.2. The van der Waals surface area contributed by atoms with Gasteiger partial charge in [-0.2, -0.15) is 0 Å². The van der Waals surface area contributed by atoms with E-state index in [1.54, 1.807) is 12.1 Å². The van der Waals surface area contributed by atoms with Gasteiger partial charge in [0.15, 0.2) is 0 Å². The van der Waals surface area contributed by atoms with Crippen molar-refractivity contribution in [3.8, 4) is 5.75 Å². The third-order valence-corrected chi connectivity index (χ3v) is 4.73. The van der Waals surface area contributed by atoms with E-state index in [1.807, 2.05) is 0 Å². The van der Waals surface area contributed by atoms with Crippen LogP contribution in [0.25, 0.3) is 6.08 Å². The van der Waals surface area contributed by atoms with Crippen LogP contribution in [-0.2, 0) is 14.4 Å². The Kier molecular flexibility index (Phi) is 6.26.